The topological polar surface area (TPSA) is 78.8 Å². The lowest BCUT2D eigenvalue weighted by Gasteiger charge is -2.20. The van der Waals surface area contributed by atoms with Gasteiger partial charge in [0.1, 0.15) is 11.4 Å². The normalized spacial score (nSPS) is 23.0. The molecule has 6 heteroatoms. The number of carbonyl (C=O) groups excluding carboxylic acids is 1. The van der Waals surface area contributed by atoms with E-state index in [2.05, 4.69) is 5.32 Å². The van der Waals surface area contributed by atoms with Crippen molar-refractivity contribution in [2.45, 2.75) is 12.0 Å². The van der Waals surface area contributed by atoms with Crippen molar-refractivity contribution in [2.75, 3.05) is 19.8 Å². The van der Waals surface area contributed by atoms with Gasteiger partial charge >= 0.3 is 0 Å². The summed E-state index contributed by atoms with van der Waals surface area (Å²) >= 11 is 5.71. The number of benzene rings is 1. The average molecular weight is 272 g/mol. The minimum atomic E-state index is -0.990. The standard InChI is InChI=1S/C12H14ClNO4/c13-9-5-8(1-2-10(9)15)11(16)14-6-12(17)3-4-18-7-12/h1-2,5,15,17H,3-4,6-7H2,(H,14,16). The van der Waals surface area contributed by atoms with Gasteiger partial charge < -0.3 is 20.3 Å². The highest BCUT2D eigenvalue weighted by Gasteiger charge is 2.32. The number of halogens is 1. The van der Waals surface area contributed by atoms with Crippen LogP contribution >= 0.6 is 11.6 Å². The van der Waals surface area contributed by atoms with E-state index in [1.54, 1.807) is 0 Å². The quantitative estimate of drug-likeness (QED) is 0.764. The maximum atomic E-state index is 11.8. The predicted molar refractivity (Wildman–Crippen MR) is 65.8 cm³/mol. The van der Waals surface area contributed by atoms with Crippen LogP contribution in [0.1, 0.15) is 16.8 Å². The van der Waals surface area contributed by atoms with Crippen molar-refractivity contribution in [3.8, 4) is 5.75 Å². The van der Waals surface area contributed by atoms with Gasteiger partial charge in [0.2, 0.25) is 0 Å². The highest BCUT2D eigenvalue weighted by Crippen LogP contribution is 2.23. The Morgan fingerprint density at radius 2 is 2.33 bits per heavy atom. The van der Waals surface area contributed by atoms with Crippen LogP contribution in [0.5, 0.6) is 5.75 Å². The zero-order valence-corrected chi connectivity index (χ0v) is 10.4. The van der Waals surface area contributed by atoms with E-state index in [0.29, 0.717) is 18.6 Å². The van der Waals surface area contributed by atoms with Crippen molar-refractivity contribution >= 4 is 17.5 Å². The van der Waals surface area contributed by atoms with Gasteiger partial charge in [-0.05, 0) is 18.2 Å². The van der Waals surface area contributed by atoms with Crippen molar-refractivity contribution < 1.29 is 19.7 Å². The van der Waals surface area contributed by atoms with E-state index < -0.39 is 5.60 Å². The van der Waals surface area contributed by atoms with Crippen molar-refractivity contribution in [3.05, 3.63) is 28.8 Å². The Labute approximate surface area is 109 Å². The first-order valence-electron chi connectivity index (χ1n) is 5.57. The molecule has 5 nitrogen and oxygen atoms in total. The van der Waals surface area contributed by atoms with Crippen molar-refractivity contribution in [3.63, 3.8) is 0 Å². The minimum Gasteiger partial charge on any atom is -0.506 e. The summed E-state index contributed by atoms with van der Waals surface area (Å²) in [5.41, 5.74) is -0.656. The fourth-order valence-electron chi connectivity index (χ4n) is 1.73. The lowest BCUT2D eigenvalue weighted by molar-refractivity contribution is 0.0264. The number of aromatic hydroxyl groups is 1. The monoisotopic (exact) mass is 271 g/mol. The van der Waals surface area contributed by atoms with Crippen LogP contribution in [0.4, 0.5) is 0 Å². The maximum Gasteiger partial charge on any atom is 0.251 e. The highest BCUT2D eigenvalue weighted by atomic mass is 35.5. The zero-order valence-electron chi connectivity index (χ0n) is 9.65. The molecule has 1 saturated heterocycles. The van der Waals surface area contributed by atoms with Crippen LogP contribution in [-0.2, 0) is 4.74 Å². The van der Waals surface area contributed by atoms with Crippen LogP contribution in [0.15, 0.2) is 18.2 Å². The smallest absolute Gasteiger partial charge is 0.251 e. The number of hydrogen-bond acceptors (Lipinski definition) is 4. The van der Waals surface area contributed by atoms with Crippen LogP contribution in [0.2, 0.25) is 5.02 Å². The molecule has 98 valence electrons. The SMILES string of the molecule is O=C(NCC1(O)CCOC1)c1ccc(O)c(Cl)c1. The summed E-state index contributed by atoms with van der Waals surface area (Å²) in [7, 11) is 0. The molecule has 1 aliphatic heterocycles. The first kappa shape index (κ1) is 13.1. The molecule has 1 unspecified atom stereocenters. The van der Waals surface area contributed by atoms with E-state index in [9.17, 15) is 15.0 Å². The van der Waals surface area contributed by atoms with Gasteiger partial charge in [-0.2, -0.15) is 0 Å². The summed E-state index contributed by atoms with van der Waals surface area (Å²) in [4.78, 5) is 11.8. The van der Waals surface area contributed by atoms with Crippen LogP contribution in [0, 0.1) is 0 Å². The van der Waals surface area contributed by atoms with E-state index in [1.165, 1.54) is 18.2 Å². The first-order valence-corrected chi connectivity index (χ1v) is 5.95. The number of aliphatic hydroxyl groups is 1. The lowest BCUT2D eigenvalue weighted by Crippen LogP contribution is -2.43. The van der Waals surface area contributed by atoms with Crippen molar-refractivity contribution in [1.29, 1.82) is 0 Å². The highest BCUT2D eigenvalue weighted by molar-refractivity contribution is 6.32. The summed E-state index contributed by atoms with van der Waals surface area (Å²) in [6.45, 7) is 0.853. The molecule has 1 aliphatic rings. The molecular weight excluding hydrogens is 258 g/mol. The third-order valence-electron chi connectivity index (χ3n) is 2.87. The molecule has 1 aromatic carbocycles. The molecular formula is C12H14ClNO4. The Morgan fingerprint density at radius 3 is 2.94 bits per heavy atom. The molecule has 1 heterocycles. The summed E-state index contributed by atoms with van der Waals surface area (Å²) in [5.74, 6) is -0.423. The minimum absolute atomic E-state index is 0.0731. The second kappa shape index (κ2) is 5.14. The zero-order chi connectivity index (χ0) is 13.2. The Balaban J connectivity index is 1.97. The van der Waals surface area contributed by atoms with E-state index in [1.807, 2.05) is 0 Å². The van der Waals surface area contributed by atoms with E-state index in [4.69, 9.17) is 16.3 Å². The average Bonchev–Trinajstić information content (AvgIpc) is 2.77. The van der Waals surface area contributed by atoms with E-state index >= 15 is 0 Å². The Morgan fingerprint density at radius 1 is 1.56 bits per heavy atom. The Bertz CT molecular complexity index is 457. The van der Waals surface area contributed by atoms with Crippen LogP contribution in [0.25, 0.3) is 0 Å². The molecule has 0 aliphatic carbocycles. The van der Waals surface area contributed by atoms with Crippen molar-refractivity contribution in [2.24, 2.45) is 0 Å². The van der Waals surface area contributed by atoms with Gasteiger partial charge in [0.05, 0.1) is 11.6 Å². The number of carbonyl (C=O) groups is 1. The number of phenols is 1. The number of nitrogens with one attached hydrogen (secondary N) is 1. The molecule has 0 radical (unpaired) electrons. The fraction of sp³-hybridized carbons (Fsp3) is 0.417. The van der Waals surface area contributed by atoms with Gasteiger partial charge in [0.25, 0.3) is 5.91 Å². The molecule has 0 spiro atoms. The Hall–Kier alpha value is -1.30. The van der Waals surface area contributed by atoms with Gasteiger partial charge in [-0.25, -0.2) is 0 Å². The van der Waals surface area contributed by atoms with E-state index in [0.717, 1.165) is 0 Å². The fourth-order valence-corrected chi connectivity index (χ4v) is 1.91. The molecule has 1 fully saturated rings. The predicted octanol–water partition coefficient (Wildman–Crippen LogP) is 0.927. The molecule has 2 rings (SSSR count). The second-order valence-corrected chi connectivity index (χ2v) is 4.78. The third-order valence-corrected chi connectivity index (χ3v) is 3.17. The number of ether oxygens (including phenoxy) is 1. The van der Waals surface area contributed by atoms with Crippen LogP contribution in [-0.4, -0.2) is 41.5 Å². The third kappa shape index (κ3) is 2.93. The van der Waals surface area contributed by atoms with E-state index in [-0.39, 0.29) is 29.8 Å². The van der Waals surface area contributed by atoms with Gasteiger partial charge in [-0.3, -0.25) is 4.79 Å². The molecule has 3 N–H and O–H groups in total. The van der Waals surface area contributed by atoms with Gasteiger partial charge in [0.15, 0.2) is 0 Å². The number of phenolic OH excluding ortho intramolecular Hbond substituents is 1. The summed E-state index contributed by atoms with van der Waals surface area (Å²) < 4.78 is 5.08. The van der Waals surface area contributed by atoms with Crippen molar-refractivity contribution in [1.82, 2.24) is 5.32 Å². The number of amides is 1. The van der Waals surface area contributed by atoms with Crippen LogP contribution in [0.3, 0.4) is 0 Å². The summed E-state index contributed by atoms with van der Waals surface area (Å²) in [6.07, 6.45) is 0.504. The molecule has 1 aromatic rings. The second-order valence-electron chi connectivity index (χ2n) is 4.38. The molecule has 0 saturated carbocycles. The molecule has 1 atom stereocenters. The van der Waals surface area contributed by atoms with Gasteiger partial charge in [0, 0.05) is 25.1 Å². The lowest BCUT2D eigenvalue weighted by atomic mass is 10.0. The van der Waals surface area contributed by atoms with Crippen LogP contribution < -0.4 is 5.32 Å². The number of rotatable bonds is 3. The molecule has 0 bridgehead atoms. The summed E-state index contributed by atoms with van der Waals surface area (Å²) in [6, 6.07) is 4.19. The molecule has 18 heavy (non-hydrogen) atoms. The maximum absolute atomic E-state index is 11.8. The Kier molecular flexibility index (Phi) is 3.75. The van der Waals surface area contributed by atoms with Gasteiger partial charge in [-0.1, -0.05) is 11.6 Å². The molecule has 1 amide bonds. The molecule has 0 aromatic heterocycles. The number of hydrogen-bond donors (Lipinski definition) is 3. The van der Waals surface area contributed by atoms with Gasteiger partial charge in [-0.15, -0.1) is 0 Å². The summed E-state index contributed by atoms with van der Waals surface area (Å²) in [5, 5.41) is 22.0. The largest absolute Gasteiger partial charge is 0.506 e. The first-order chi connectivity index (χ1) is 8.50.